The van der Waals surface area contributed by atoms with Gasteiger partial charge in [-0.1, -0.05) is 17.8 Å². The molecule has 2 aromatic carbocycles. The number of halogens is 1. The third-order valence-electron chi connectivity index (χ3n) is 4.58. The quantitative estimate of drug-likeness (QED) is 0.828. The normalized spacial score (nSPS) is 18.4. The maximum absolute atomic E-state index is 13.0. The first kappa shape index (κ1) is 20.1. The fraction of sp³-hybridized carbons (Fsp3) is 0.286. The monoisotopic (exact) mass is 399 g/mol. The molecule has 1 fully saturated rings. The lowest BCUT2D eigenvalue weighted by Crippen LogP contribution is -2.45. The van der Waals surface area contributed by atoms with Crippen molar-refractivity contribution in [1.82, 2.24) is 4.90 Å². The van der Waals surface area contributed by atoms with Crippen molar-refractivity contribution in [3.05, 3.63) is 59.4 Å². The van der Waals surface area contributed by atoms with Crippen LogP contribution in [0.2, 0.25) is 0 Å². The number of nitrogens with zero attached hydrogens (tertiary/aromatic N) is 2. The molecule has 1 aliphatic rings. The van der Waals surface area contributed by atoms with Gasteiger partial charge >= 0.3 is 0 Å². The van der Waals surface area contributed by atoms with E-state index in [9.17, 15) is 14.0 Å². The number of carbonyl (C=O) groups is 2. The Kier molecular flexibility index (Phi) is 6.14. The van der Waals surface area contributed by atoms with E-state index in [1.54, 1.807) is 4.90 Å². The highest BCUT2D eigenvalue weighted by molar-refractivity contribution is 8.15. The number of amidine groups is 1. The fourth-order valence-corrected chi connectivity index (χ4v) is 3.98. The zero-order valence-corrected chi connectivity index (χ0v) is 16.8. The number of rotatable bonds is 4. The number of hydrogen-bond acceptors (Lipinski definition) is 4. The number of benzene rings is 2. The third-order valence-corrected chi connectivity index (χ3v) is 5.76. The van der Waals surface area contributed by atoms with Crippen molar-refractivity contribution in [3.8, 4) is 0 Å². The van der Waals surface area contributed by atoms with Crippen LogP contribution in [0.15, 0.2) is 47.5 Å². The van der Waals surface area contributed by atoms with E-state index in [0.29, 0.717) is 17.4 Å². The Hall–Kier alpha value is -2.67. The molecule has 0 bridgehead atoms. The van der Waals surface area contributed by atoms with Crippen LogP contribution in [0.4, 0.5) is 15.8 Å². The Bertz CT molecular complexity index is 928. The fourth-order valence-electron chi connectivity index (χ4n) is 2.81. The van der Waals surface area contributed by atoms with Gasteiger partial charge in [0.15, 0.2) is 5.17 Å². The van der Waals surface area contributed by atoms with E-state index in [2.05, 4.69) is 10.3 Å². The molecule has 2 amide bonds. The van der Waals surface area contributed by atoms with Gasteiger partial charge in [-0.3, -0.25) is 14.5 Å². The molecule has 0 spiro atoms. The van der Waals surface area contributed by atoms with Gasteiger partial charge in [0.25, 0.3) is 0 Å². The Balaban J connectivity index is 1.82. The molecule has 2 aromatic rings. The molecular formula is C21H22FN3O2S. The number of nitrogens with one attached hydrogen (secondary N) is 1. The molecular weight excluding hydrogens is 377 g/mol. The molecule has 0 saturated carbocycles. The lowest BCUT2D eigenvalue weighted by atomic mass is 10.1. The molecule has 0 aliphatic carbocycles. The zero-order chi connectivity index (χ0) is 20.3. The van der Waals surface area contributed by atoms with Crippen molar-refractivity contribution >= 4 is 40.1 Å². The second-order valence-corrected chi connectivity index (χ2v) is 7.78. The topological polar surface area (TPSA) is 61.8 Å². The van der Waals surface area contributed by atoms with Crippen molar-refractivity contribution in [1.29, 1.82) is 0 Å². The zero-order valence-electron chi connectivity index (χ0n) is 16.0. The smallest absolute Gasteiger partial charge is 0.238 e. The Morgan fingerprint density at radius 3 is 2.57 bits per heavy atom. The standard InChI is InChI=1S/C21H22FN3O2S/c1-4-25-19(26)12-18(20(27)23-16-9-6-15(22)7-10-16)28-21(25)24-17-8-5-13(2)14(3)11-17/h5-11,18H,4,12H2,1-3H3,(H,23,27). The number of hydrogen-bond donors (Lipinski definition) is 1. The van der Waals surface area contributed by atoms with Crippen LogP contribution in [0.5, 0.6) is 0 Å². The van der Waals surface area contributed by atoms with Gasteiger partial charge in [0.05, 0.1) is 5.69 Å². The predicted molar refractivity (Wildman–Crippen MR) is 111 cm³/mol. The van der Waals surface area contributed by atoms with E-state index in [4.69, 9.17) is 0 Å². The van der Waals surface area contributed by atoms with Crippen LogP contribution in [-0.2, 0) is 9.59 Å². The molecule has 0 aromatic heterocycles. The van der Waals surface area contributed by atoms with Crippen molar-refractivity contribution in [3.63, 3.8) is 0 Å². The molecule has 1 heterocycles. The molecule has 146 valence electrons. The number of aryl methyl sites for hydroxylation is 2. The SMILES string of the molecule is CCN1C(=O)CC(C(=O)Nc2ccc(F)cc2)SC1=Nc1ccc(C)c(C)c1. The molecule has 1 atom stereocenters. The maximum atomic E-state index is 13.0. The highest BCUT2D eigenvalue weighted by atomic mass is 32.2. The van der Waals surface area contributed by atoms with Crippen LogP contribution in [0.25, 0.3) is 0 Å². The van der Waals surface area contributed by atoms with E-state index in [1.807, 2.05) is 39.0 Å². The summed E-state index contributed by atoms with van der Waals surface area (Å²) in [7, 11) is 0. The summed E-state index contributed by atoms with van der Waals surface area (Å²) in [5.74, 6) is -0.807. The molecule has 3 rings (SSSR count). The summed E-state index contributed by atoms with van der Waals surface area (Å²) in [6.07, 6.45) is 0.0947. The van der Waals surface area contributed by atoms with E-state index in [-0.39, 0.29) is 24.1 Å². The first-order valence-corrected chi connectivity index (χ1v) is 9.94. The summed E-state index contributed by atoms with van der Waals surface area (Å²) in [5.41, 5.74) is 3.52. The second-order valence-electron chi connectivity index (χ2n) is 6.61. The molecule has 0 radical (unpaired) electrons. The average molecular weight is 399 g/mol. The van der Waals surface area contributed by atoms with E-state index >= 15 is 0 Å². The largest absolute Gasteiger partial charge is 0.325 e. The molecule has 28 heavy (non-hydrogen) atoms. The summed E-state index contributed by atoms with van der Waals surface area (Å²) in [5, 5.41) is 2.66. The summed E-state index contributed by atoms with van der Waals surface area (Å²) in [6, 6.07) is 11.4. The molecule has 5 nitrogen and oxygen atoms in total. The number of carbonyl (C=O) groups excluding carboxylic acids is 2. The van der Waals surface area contributed by atoms with Crippen LogP contribution in [0.3, 0.4) is 0 Å². The minimum atomic E-state index is -0.592. The third kappa shape index (κ3) is 4.59. The van der Waals surface area contributed by atoms with Gasteiger partial charge < -0.3 is 5.32 Å². The Morgan fingerprint density at radius 1 is 1.21 bits per heavy atom. The van der Waals surface area contributed by atoms with Gasteiger partial charge in [-0.2, -0.15) is 0 Å². The van der Waals surface area contributed by atoms with Crippen molar-refractivity contribution in [2.24, 2.45) is 4.99 Å². The van der Waals surface area contributed by atoms with Gasteiger partial charge in [-0.05, 0) is 68.3 Å². The van der Waals surface area contributed by atoms with Crippen LogP contribution in [-0.4, -0.2) is 33.7 Å². The molecule has 1 aliphatic heterocycles. The molecule has 1 saturated heterocycles. The highest BCUT2D eigenvalue weighted by Crippen LogP contribution is 2.30. The maximum Gasteiger partial charge on any atom is 0.238 e. The molecule has 1 N–H and O–H groups in total. The minimum Gasteiger partial charge on any atom is -0.325 e. The summed E-state index contributed by atoms with van der Waals surface area (Å²) < 4.78 is 13.0. The lowest BCUT2D eigenvalue weighted by Gasteiger charge is -2.31. The number of thioether (sulfide) groups is 1. The van der Waals surface area contributed by atoms with Gasteiger partial charge in [0.1, 0.15) is 11.1 Å². The van der Waals surface area contributed by atoms with Crippen LogP contribution < -0.4 is 5.32 Å². The van der Waals surface area contributed by atoms with Gasteiger partial charge in [-0.25, -0.2) is 9.38 Å². The number of aliphatic imine (C=N–C) groups is 1. The first-order chi connectivity index (χ1) is 13.4. The number of anilines is 1. The summed E-state index contributed by atoms with van der Waals surface area (Å²) in [6.45, 7) is 6.41. The Morgan fingerprint density at radius 2 is 1.93 bits per heavy atom. The summed E-state index contributed by atoms with van der Waals surface area (Å²) in [4.78, 5) is 31.4. The Labute approximate surface area is 168 Å². The van der Waals surface area contributed by atoms with Gasteiger partial charge in [0.2, 0.25) is 11.8 Å². The molecule has 7 heteroatoms. The van der Waals surface area contributed by atoms with Crippen molar-refractivity contribution < 1.29 is 14.0 Å². The van der Waals surface area contributed by atoms with Gasteiger partial charge in [-0.15, -0.1) is 0 Å². The first-order valence-electron chi connectivity index (χ1n) is 9.06. The van der Waals surface area contributed by atoms with E-state index < -0.39 is 5.25 Å². The van der Waals surface area contributed by atoms with E-state index in [0.717, 1.165) is 11.3 Å². The van der Waals surface area contributed by atoms with Crippen LogP contribution in [0.1, 0.15) is 24.5 Å². The van der Waals surface area contributed by atoms with Crippen LogP contribution >= 0.6 is 11.8 Å². The second kappa shape index (κ2) is 8.56. The van der Waals surface area contributed by atoms with E-state index in [1.165, 1.54) is 41.6 Å². The highest BCUT2D eigenvalue weighted by Gasteiger charge is 2.35. The van der Waals surface area contributed by atoms with Crippen molar-refractivity contribution in [2.75, 3.05) is 11.9 Å². The molecule has 1 unspecified atom stereocenters. The van der Waals surface area contributed by atoms with Gasteiger partial charge in [0, 0.05) is 18.7 Å². The summed E-state index contributed by atoms with van der Waals surface area (Å²) >= 11 is 1.27. The minimum absolute atomic E-state index is 0.0947. The predicted octanol–water partition coefficient (Wildman–Crippen LogP) is 4.42. The average Bonchev–Trinajstić information content (AvgIpc) is 2.66. The lowest BCUT2D eigenvalue weighted by molar-refractivity contribution is -0.129. The number of amides is 2. The van der Waals surface area contributed by atoms with Crippen LogP contribution in [0, 0.1) is 19.7 Å². The van der Waals surface area contributed by atoms with Crippen molar-refractivity contribution in [2.45, 2.75) is 32.4 Å².